The van der Waals surface area contributed by atoms with Gasteiger partial charge in [-0.25, -0.2) is 9.13 Å². The van der Waals surface area contributed by atoms with Gasteiger partial charge in [-0.1, -0.05) is 413 Å². The van der Waals surface area contributed by atoms with E-state index in [0.717, 1.165) is 95.8 Å². The van der Waals surface area contributed by atoms with Crippen molar-refractivity contribution in [3.05, 3.63) is 0 Å². The van der Waals surface area contributed by atoms with Crippen LogP contribution in [0.4, 0.5) is 0 Å². The fourth-order valence-electron chi connectivity index (χ4n) is 13.4. The lowest BCUT2D eigenvalue weighted by Gasteiger charge is -2.21. The standard InChI is InChI=1S/C86H168O17P2/c1-6-10-13-16-19-22-25-27-29-31-33-35-37-39-41-43-45-47-50-56-61-66-71-85(90)102-81(75-97-84(89)70-65-60-55-49-46-44-42-40-38-36-34-32-30-28-26-23-20-17-14-11-7-2)77-100-104(92,93)98-73-80(87)74-99-105(94,95)101-78-82(76-96-83(88)69-64-59-54-48-24-21-18-15-12-8-3)103-86(91)72-67-62-57-52-51-53-58-63-68-79(5)9-4/h79-82,87H,6-78H2,1-5H3,(H,92,93)(H,94,95)/t79?,80-,81-,82-/m1/s1. The van der Waals surface area contributed by atoms with Gasteiger partial charge in [0.1, 0.15) is 19.3 Å². The van der Waals surface area contributed by atoms with E-state index in [1.54, 1.807) is 0 Å². The van der Waals surface area contributed by atoms with E-state index in [1.165, 1.54) is 289 Å². The maximum absolute atomic E-state index is 13.1. The molecule has 0 aliphatic carbocycles. The maximum atomic E-state index is 13.1. The number of phosphoric acid groups is 2. The number of hydrogen-bond donors (Lipinski definition) is 3. The molecule has 0 saturated heterocycles. The Kier molecular flexibility index (Phi) is 77.3. The van der Waals surface area contributed by atoms with Crippen LogP contribution < -0.4 is 0 Å². The van der Waals surface area contributed by atoms with Gasteiger partial charge in [0.05, 0.1) is 26.4 Å². The van der Waals surface area contributed by atoms with Crippen molar-refractivity contribution in [3.8, 4) is 0 Å². The number of carbonyl (C=O) groups is 4. The Bertz CT molecular complexity index is 2000. The van der Waals surface area contributed by atoms with Gasteiger partial charge in [-0.2, -0.15) is 0 Å². The minimum absolute atomic E-state index is 0.106. The quantitative estimate of drug-likeness (QED) is 0.0222. The van der Waals surface area contributed by atoms with Crippen LogP contribution in [0, 0.1) is 5.92 Å². The average Bonchev–Trinajstić information content (AvgIpc) is 0.908. The number of esters is 4. The second-order valence-electron chi connectivity index (χ2n) is 31.2. The van der Waals surface area contributed by atoms with Crippen molar-refractivity contribution in [3.63, 3.8) is 0 Å². The summed E-state index contributed by atoms with van der Waals surface area (Å²) in [5, 5.41) is 10.7. The Hall–Kier alpha value is -1.94. The molecule has 0 heterocycles. The lowest BCUT2D eigenvalue weighted by atomic mass is 9.99. The first kappa shape index (κ1) is 103. The van der Waals surface area contributed by atoms with Crippen LogP contribution in [-0.2, 0) is 65.4 Å². The second kappa shape index (κ2) is 78.7. The van der Waals surface area contributed by atoms with E-state index in [0.29, 0.717) is 25.7 Å². The minimum Gasteiger partial charge on any atom is -0.462 e. The first-order valence-corrected chi connectivity index (χ1v) is 47.7. The number of carbonyl (C=O) groups excluding carboxylic acids is 4. The summed E-state index contributed by atoms with van der Waals surface area (Å²) in [5.41, 5.74) is 0. The Morgan fingerprint density at radius 2 is 0.457 bits per heavy atom. The highest BCUT2D eigenvalue weighted by molar-refractivity contribution is 7.47. The molecule has 3 unspecified atom stereocenters. The highest BCUT2D eigenvalue weighted by Crippen LogP contribution is 2.45. The van der Waals surface area contributed by atoms with Gasteiger partial charge in [0, 0.05) is 25.7 Å². The van der Waals surface area contributed by atoms with E-state index in [4.69, 9.17) is 37.0 Å². The summed E-state index contributed by atoms with van der Waals surface area (Å²) in [7, 11) is -9.92. The Balaban J connectivity index is 5.19. The minimum atomic E-state index is -4.97. The van der Waals surface area contributed by atoms with Crippen LogP contribution in [-0.4, -0.2) is 96.7 Å². The summed E-state index contributed by atoms with van der Waals surface area (Å²) >= 11 is 0. The van der Waals surface area contributed by atoms with Gasteiger partial charge < -0.3 is 33.8 Å². The first-order valence-electron chi connectivity index (χ1n) is 44.7. The number of aliphatic hydroxyl groups excluding tert-OH is 1. The molecule has 0 saturated carbocycles. The van der Waals surface area contributed by atoms with Crippen LogP contribution >= 0.6 is 15.6 Å². The molecule has 624 valence electrons. The molecule has 105 heavy (non-hydrogen) atoms. The normalized spacial score (nSPS) is 14.0. The SMILES string of the molecule is CCCCCCCCCCCCCCCCCCCCCCCCC(=O)O[C@H](COC(=O)CCCCCCCCCCCCCCCCCCCCCCC)COP(=O)(O)OC[C@@H](O)COP(=O)(O)OC[C@@H](COC(=O)CCCCCCCCCCCC)OC(=O)CCCCCCCCCCC(C)CC. The van der Waals surface area contributed by atoms with Gasteiger partial charge in [-0.3, -0.25) is 37.3 Å². The summed E-state index contributed by atoms with van der Waals surface area (Å²) in [6, 6.07) is 0. The molecule has 0 spiro atoms. The molecule has 0 aromatic carbocycles. The van der Waals surface area contributed by atoms with Crippen LogP contribution in [0.15, 0.2) is 0 Å². The fourth-order valence-corrected chi connectivity index (χ4v) is 15.0. The second-order valence-corrected chi connectivity index (χ2v) is 34.1. The molecule has 6 atom stereocenters. The number of rotatable bonds is 86. The zero-order valence-corrected chi connectivity index (χ0v) is 70.7. The van der Waals surface area contributed by atoms with Crippen molar-refractivity contribution < 1.29 is 80.2 Å². The monoisotopic (exact) mass is 1540 g/mol. The number of aliphatic hydroxyl groups is 1. The zero-order chi connectivity index (χ0) is 76.9. The fraction of sp³-hybridized carbons (Fsp3) is 0.953. The van der Waals surface area contributed by atoms with Crippen molar-refractivity contribution in [1.29, 1.82) is 0 Å². The van der Waals surface area contributed by atoms with E-state index < -0.39 is 97.5 Å². The van der Waals surface area contributed by atoms with E-state index >= 15 is 0 Å². The predicted molar refractivity (Wildman–Crippen MR) is 432 cm³/mol. The lowest BCUT2D eigenvalue weighted by Crippen LogP contribution is -2.30. The van der Waals surface area contributed by atoms with Crippen molar-refractivity contribution in [2.24, 2.45) is 5.92 Å². The number of ether oxygens (including phenoxy) is 4. The predicted octanol–water partition coefficient (Wildman–Crippen LogP) is 26.4. The summed E-state index contributed by atoms with van der Waals surface area (Å²) in [6.45, 7) is 7.34. The molecule has 17 nitrogen and oxygen atoms in total. The van der Waals surface area contributed by atoms with Gasteiger partial charge in [0.2, 0.25) is 0 Å². The number of unbranched alkanes of at least 4 members (excludes halogenated alkanes) is 57. The van der Waals surface area contributed by atoms with Gasteiger partial charge >= 0.3 is 39.5 Å². The summed E-state index contributed by atoms with van der Waals surface area (Å²) in [5.74, 6) is -1.33. The van der Waals surface area contributed by atoms with E-state index in [2.05, 4.69) is 34.6 Å². The molecule has 19 heteroatoms. The molecule has 0 radical (unpaired) electrons. The number of phosphoric ester groups is 2. The van der Waals surface area contributed by atoms with Crippen molar-refractivity contribution in [1.82, 2.24) is 0 Å². The van der Waals surface area contributed by atoms with Gasteiger partial charge in [0.25, 0.3) is 0 Å². The molecule has 0 aliphatic rings. The Labute approximate surface area is 645 Å². The third kappa shape index (κ3) is 78.5. The van der Waals surface area contributed by atoms with Crippen LogP contribution in [0.5, 0.6) is 0 Å². The van der Waals surface area contributed by atoms with Crippen LogP contribution in [0.1, 0.15) is 465 Å². The van der Waals surface area contributed by atoms with Crippen LogP contribution in [0.3, 0.4) is 0 Å². The number of hydrogen-bond acceptors (Lipinski definition) is 15. The molecular weight excluding hydrogens is 1370 g/mol. The smallest absolute Gasteiger partial charge is 0.462 e. The average molecular weight is 1540 g/mol. The lowest BCUT2D eigenvalue weighted by molar-refractivity contribution is -0.161. The van der Waals surface area contributed by atoms with Crippen LogP contribution in [0.2, 0.25) is 0 Å². The maximum Gasteiger partial charge on any atom is 0.472 e. The zero-order valence-electron chi connectivity index (χ0n) is 68.9. The first-order chi connectivity index (χ1) is 51.1. The summed E-state index contributed by atoms with van der Waals surface area (Å²) < 4.78 is 68.8. The van der Waals surface area contributed by atoms with E-state index in [1.807, 2.05) is 0 Å². The molecule has 0 amide bonds. The largest absolute Gasteiger partial charge is 0.472 e. The third-order valence-electron chi connectivity index (χ3n) is 20.6. The molecule has 3 N–H and O–H groups in total. The van der Waals surface area contributed by atoms with Gasteiger partial charge in [-0.15, -0.1) is 0 Å². The van der Waals surface area contributed by atoms with Crippen molar-refractivity contribution >= 4 is 39.5 Å². The molecule has 0 rings (SSSR count). The molecular formula is C86H168O17P2. The van der Waals surface area contributed by atoms with Crippen molar-refractivity contribution in [2.45, 2.75) is 483 Å². The highest BCUT2D eigenvalue weighted by Gasteiger charge is 2.30. The molecule has 0 aromatic heterocycles. The molecule has 0 fully saturated rings. The van der Waals surface area contributed by atoms with Gasteiger partial charge in [0.15, 0.2) is 12.2 Å². The van der Waals surface area contributed by atoms with E-state index in [9.17, 15) is 43.2 Å². The molecule has 0 aromatic rings. The van der Waals surface area contributed by atoms with Crippen LogP contribution in [0.25, 0.3) is 0 Å². The topological polar surface area (TPSA) is 237 Å². The highest BCUT2D eigenvalue weighted by atomic mass is 31.2. The molecule has 0 bridgehead atoms. The Morgan fingerprint density at radius 1 is 0.267 bits per heavy atom. The summed E-state index contributed by atoms with van der Waals surface area (Å²) in [6.07, 6.45) is 72.4. The summed E-state index contributed by atoms with van der Waals surface area (Å²) in [4.78, 5) is 73.1. The third-order valence-corrected chi connectivity index (χ3v) is 22.5. The van der Waals surface area contributed by atoms with Gasteiger partial charge in [-0.05, 0) is 31.6 Å². The van der Waals surface area contributed by atoms with Crippen molar-refractivity contribution in [2.75, 3.05) is 39.6 Å². The Morgan fingerprint density at radius 3 is 0.676 bits per heavy atom. The van der Waals surface area contributed by atoms with E-state index in [-0.39, 0.29) is 25.7 Å². The molecule has 0 aliphatic heterocycles.